The summed E-state index contributed by atoms with van der Waals surface area (Å²) in [5.41, 5.74) is 4.28. The summed E-state index contributed by atoms with van der Waals surface area (Å²) in [7, 11) is 5.84. The summed E-state index contributed by atoms with van der Waals surface area (Å²) in [6.07, 6.45) is 1.63. The van der Waals surface area contributed by atoms with Gasteiger partial charge in [-0.25, -0.2) is 4.79 Å². The number of amides is 1. The minimum atomic E-state index is -0.582. The number of allylic oxidation sites excluding steroid dienone is 1. The highest BCUT2D eigenvalue weighted by Crippen LogP contribution is 2.41. The molecular formula is C25H27NO6. The van der Waals surface area contributed by atoms with Gasteiger partial charge in [0.05, 0.1) is 39.6 Å². The highest BCUT2D eigenvalue weighted by molar-refractivity contribution is 6.23. The second-order valence-electron chi connectivity index (χ2n) is 7.46. The number of esters is 1. The number of methoxy groups -OCH3 is 4. The Hall–Kier alpha value is -3.74. The molecule has 1 amide bonds. The Kier molecular flexibility index (Phi) is 6.58. The van der Waals surface area contributed by atoms with Crippen LogP contribution in [0, 0.1) is 13.8 Å². The zero-order valence-corrected chi connectivity index (χ0v) is 19.4. The zero-order valence-electron chi connectivity index (χ0n) is 19.4. The number of carbonyl (C=O) groups is 2. The summed E-state index contributed by atoms with van der Waals surface area (Å²) in [5.74, 6) is 0.418. The molecule has 7 nitrogen and oxygen atoms in total. The first-order chi connectivity index (χ1) is 15.2. The summed E-state index contributed by atoms with van der Waals surface area (Å²) in [4.78, 5) is 27.7. The van der Waals surface area contributed by atoms with Crippen LogP contribution >= 0.6 is 0 Å². The second-order valence-corrected chi connectivity index (χ2v) is 7.46. The van der Waals surface area contributed by atoms with Gasteiger partial charge in [-0.05, 0) is 67.8 Å². The van der Waals surface area contributed by atoms with Crippen molar-refractivity contribution >= 4 is 23.6 Å². The van der Waals surface area contributed by atoms with Gasteiger partial charge in [-0.2, -0.15) is 0 Å². The fourth-order valence-corrected chi connectivity index (χ4v) is 3.92. The van der Waals surface area contributed by atoms with Gasteiger partial charge in [0, 0.05) is 11.4 Å². The lowest BCUT2D eigenvalue weighted by Crippen LogP contribution is -2.24. The molecule has 1 heterocycles. The zero-order chi connectivity index (χ0) is 23.6. The second kappa shape index (κ2) is 9.18. The summed E-state index contributed by atoms with van der Waals surface area (Å²) >= 11 is 0. The molecule has 0 bridgehead atoms. The molecule has 0 saturated heterocycles. The van der Waals surface area contributed by atoms with E-state index >= 15 is 0 Å². The average molecular weight is 437 g/mol. The molecule has 0 N–H and O–H groups in total. The number of ether oxygens (including phenoxy) is 4. The molecule has 0 atom stereocenters. The van der Waals surface area contributed by atoms with Crippen LogP contribution in [0.1, 0.15) is 23.6 Å². The van der Waals surface area contributed by atoms with Crippen LogP contribution in [-0.2, 0) is 14.3 Å². The third kappa shape index (κ3) is 4.06. The van der Waals surface area contributed by atoms with Crippen LogP contribution in [0.15, 0.2) is 47.2 Å². The topological polar surface area (TPSA) is 74.3 Å². The summed E-state index contributed by atoms with van der Waals surface area (Å²) in [6, 6.07) is 9.27. The Bertz CT molecular complexity index is 1100. The number of aryl methyl sites for hydroxylation is 2. The number of anilines is 1. The molecule has 0 fully saturated rings. The van der Waals surface area contributed by atoms with Gasteiger partial charge < -0.3 is 18.9 Å². The molecule has 1 aliphatic rings. The predicted octanol–water partition coefficient (Wildman–Crippen LogP) is 4.21. The molecule has 32 heavy (non-hydrogen) atoms. The van der Waals surface area contributed by atoms with Gasteiger partial charge >= 0.3 is 5.97 Å². The maximum atomic E-state index is 13.5. The number of hydrogen-bond acceptors (Lipinski definition) is 6. The van der Waals surface area contributed by atoms with Crippen molar-refractivity contribution < 1.29 is 28.5 Å². The minimum absolute atomic E-state index is 0.213. The first kappa shape index (κ1) is 22.9. The van der Waals surface area contributed by atoms with Crippen molar-refractivity contribution in [3.05, 3.63) is 63.9 Å². The van der Waals surface area contributed by atoms with E-state index in [0.717, 1.165) is 11.1 Å². The largest absolute Gasteiger partial charge is 0.493 e. The van der Waals surface area contributed by atoms with Crippen molar-refractivity contribution in [2.75, 3.05) is 33.3 Å². The van der Waals surface area contributed by atoms with Crippen molar-refractivity contribution in [1.29, 1.82) is 0 Å². The molecule has 168 valence electrons. The third-order valence-electron chi connectivity index (χ3n) is 5.25. The maximum Gasteiger partial charge on any atom is 0.340 e. The first-order valence-corrected chi connectivity index (χ1v) is 9.99. The van der Waals surface area contributed by atoms with E-state index in [1.807, 2.05) is 32.0 Å². The predicted molar refractivity (Wildman–Crippen MR) is 122 cm³/mol. The molecule has 0 spiro atoms. The molecule has 0 aromatic heterocycles. The van der Waals surface area contributed by atoms with Crippen LogP contribution in [0.5, 0.6) is 17.2 Å². The van der Waals surface area contributed by atoms with Crippen molar-refractivity contribution in [1.82, 2.24) is 0 Å². The Labute approximate surface area is 187 Å². The first-order valence-electron chi connectivity index (χ1n) is 9.99. The van der Waals surface area contributed by atoms with E-state index in [-0.39, 0.29) is 17.1 Å². The van der Waals surface area contributed by atoms with Gasteiger partial charge in [0.1, 0.15) is 0 Å². The van der Waals surface area contributed by atoms with Crippen LogP contribution in [-0.4, -0.2) is 40.3 Å². The summed E-state index contributed by atoms with van der Waals surface area (Å²) in [6.45, 7) is 5.66. The van der Waals surface area contributed by atoms with Gasteiger partial charge in [0.2, 0.25) is 5.75 Å². The van der Waals surface area contributed by atoms with Crippen molar-refractivity contribution in [2.45, 2.75) is 20.8 Å². The van der Waals surface area contributed by atoms with Crippen molar-refractivity contribution in [2.24, 2.45) is 0 Å². The van der Waals surface area contributed by atoms with Crippen LogP contribution in [0.2, 0.25) is 0 Å². The lowest BCUT2D eigenvalue weighted by Gasteiger charge is -2.19. The van der Waals surface area contributed by atoms with E-state index in [1.165, 1.54) is 33.3 Å². The van der Waals surface area contributed by atoms with E-state index in [1.54, 1.807) is 25.1 Å². The SMILES string of the molecule is COC(=O)C1=C(C)N(c2cc(C)cc(C)c2)C(=O)/C1=C\c1cc(OC)c(OC)c(OC)c1. The third-order valence-corrected chi connectivity index (χ3v) is 5.25. The molecule has 0 radical (unpaired) electrons. The van der Waals surface area contributed by atoms with Crippen molar-refractivity contribution in [3.63, 3.8) is 0 Å². The number of rotatable bonds is 6. The van der Waals surface area contributed by atoms with Gasteiger partial charge in [0.25, 0.3) is 5.91 Å². The molecule has 2 aromatic carbocycles. The molecular weight excluding hydrogens is 410 g/mol. The Morgan fingerprint density at radius 2 is 1.41 bits per heavy atom. The Morgan fingerprint density at radius 3 is 1.88 bits per heavy atom. The number of hydrogen-bond donors (Lipinski definition) is 0. The minimum Gasteiger partial charge on any atom is -0.493 e. The normalized spacial score (nSPS) is 14.8. The Morgan fingerprint density at radius 1 is 0.844 bits per heavy atom. The van der Waals surface area contributed by atoms with Crippen LogP contribution < -0.4 is 19.1 Å². The van der Waals surface area contributed by atoms with Gasteiger partial charge in [-0.3, -0.25) is 9.69 Å². The number of carbonyl (C=O) groups excluding carboxylic acids is 2. The van der Waals surface area contributed by atoms with E-state index in [4.69, 9.17) is 18.9 Å². The highest BCUT2D eigenvalue weighted by atomic mass is 16.5. The van der Waals surface area contributed by atoms with Gasteiger partial charge in [-0.1, -0.05) is 6.07 Å². The van der Waals surface area contributed by atoms with Crippen LogP contribution in [0.25, 0.3) is 6.08 Å². The van der Waals surface area contributed by atoms with E-state index < -0.39 is 5.97 Å². The van der Waals surface area contributed by atoms with Gasteiger partial charge in [0.15, 0.2) is 11.5 Å². The fraction of sp³-hybridized carbons (Fsp3) is 0.280. The standard InChI is InChI=1S/C25H27NO6/c1-14-8-15(2)10-18(9-14)26-16(3)22(25(28)32-7)19(24(26)27)11-17-12-20(29-4)23(31-6)21(13-17)30-5/h8-13H,1-7H3/b19-11-. The molecule has 7 heteroatoms. The monoisotopic (exact) mass is 437 g/mol. The van der Waals surface area contributed by atoms with Gasteiger partial charge in [-0.15, -0.1) is 0 Å². The van der Waals surface area contributed by atoms with Crippen LogP contribution in [0.3, 0.4) is 0 Å². The summed E-state index contributed by atoms with van der Waals surface area (Å²) < 4.78 is 21.2. The maximum absolute atomic E-state index is 13.5. The van der Waals surface area contributed by atoms with Crippen LogP contribution in [0.4, 0.5) is 5.69 Å². The molecule has 0 saturated carbocycles. The lowest BCUT2D eigenvalue weighted by atomic mass is 10.0. The Balaban J connectivity index is 2.20. The molecule has 3 rings (SSSR count). The average Bonchev–Trinajstić information content (AvgIpc) is 3.00. The smallest absolute Gasteiger partial charge is 0.340 e. The number of nitrogens with zero attached hydrogens (tertiary/aromatic N) is 1. The fourth-order valence-electron chi connectivity index (χ4n) is 3.92. The lowest BCUT2D eigenvalue weighted by molar-refractivity contribution is -0.136. The summed E-state index contributed by atoms with van der Waals surface area (Å²) in [5, 5.41) is 0. The molecule has 0 unspecified atom stereocenters. The van der Waals surface area contributed by atoms with E-state index in [2.05, 4.69) is 0 Å². The molecule has 2 aromatic rings. The molecule has 0 aliphatic carbocycles. The van der Waals surface area contributed by atoms with E-state index in [0.29, 0.717) is 34.2 Å². The quantitative estimate of drug-likeness (QED) is 0.498. The van der Waals surface area contributed by atoms with E-state index in [9.17, 15) is 9.59 Å². The highest BCUT2D eigenvalue weighted by Gasteiger charge is 2.38. The molecule has 1 aliphatic heterocycles. The number of benzene rings is 2. The van der Waals surface area contributed by atoms with Crippen molar-refractivity contribution in [3.8, 4) is 17.2 Å².